The highest BCUT2D eigenvalue weighted by molar-refractivity contribution is 8.09. The Balaban J connectivity index is 3.21. The van der Waals surface area contributed by atoms with Crippen molar-refractivity contribution in [3.63, 3.8) is 0 Å². The van der Waals surface area contributed by atoms with Crippen LogP contribution >= 0.6 is 29.1 Å². The normalized spacial score (nSPS) is 10.2. The fourth-order valence-corrected chi connectivity index (χ4v) is 2.66. The van der Waals surface area contributed by atoms with Crippen LogP contribution < -0.4 is 14.8 Å². The average molecular weight is 239 g/mol. The summed E-state index contributed by atoms with van der Waals surface area (Å²) in [5, 5.41) is 0.728. The van der Waals surface area contributed by atoms with Crippen molar-refractivity contribution >= 4 is 34.4 Å². The Morgan fingerprint density at radius 1 is 1.08 bits per heavy atom. The highest BCUT2D eigenvalue weighted by Crippen LogP contribution is 2.50. The second-order valence-electron chi connectivity index (χ2n) is 2.24. The van der Waals surface area contributed by atoms with Crippen LogP contribution in [0.25, 0.3) is 0 Å². The maximum absolute atomic E-state index is 5.84. The standard InChI is InChI=1S/C8H9Cl2O2P/c1-11-6-4-3-5-7(12-2)8(6)13(9)10/h3-5H,1-2H3. The predicted molar refractivity (Wildman–Crippen MR) is 57.8 cm³/mol. The number of rotatable bonds is 3. The molecule has 0 radical (unpaired) electrons. The summed E-state index contributed by atoms with van der Waals surface area (Å²) < 4.78 is 10.2. The molecule has 0 heterocycles. The van der Waals surface area contributed by atoms with E-state index in [1.54, 1.807) is 26.4 Å². The molecule has 2 nitrogen and oxygen atoms in total. The minimum absolute atomic E-state index is 0.662. The van der Waals surface area contributed by atoms with Crippen molar-refractivity contribution in [1.82, 2.24) is 0 Å². The van der Waals surface area contributed by atoms with Crippen molar-refractivity contribution < 1.29 is 9.47 Å². The molecule has 0 saturated heterocycles. The highest BCUT2D eigenvalue weighted by Gasteiger charge is 2.16. The first kappa shape index (κ1) is 10.9. The molecule has 5 heteroatoms. The summed E-state index contributed by atoms with van der Waals surface area (Å²) in [5.41, 5.74) is 0. The second kappa shape index (κ2) is 4.90. The van der Waals surface area contributed by atoms with Gasteiger partial charge in [0.25, 0.3) is 0 Å². The summed E-state index contributed by atoms with van der Waals surface area (Å²) in [6, 6.07) is 5.43. The molecule has 72 valence electrons. The van der Waals surface area contributed by atoms with E-state index < -0.39 is 6.63 Å². The lowest BCUT2D eigenvalue weighted by atomic mass is 10.3. The Hall–Kier alpha value is -0.170. The molecule has 0 aliphatic heterocycles. The van der Waals surface area contributed by atoms with Gasteiger partial charge in [-0.05, 0) is 12.1 Å². The zero-order valence-corrected chi connectivity index (χ0v) is 9.66. The summed E-state index contributed by atoms with van der Waals surface area (Å²) in [6.45, 7) is -1.25. The summed E-state index contributed by atoms with van der Waals surface area (Å²) in [5.74, 6) is 1.32. The van der Waals surface area contributed by atoms with Gasteiger partial charge < -0.3 is 9.47 Å². The first-order chi connectivity index (χ1) is 6.20. The van der Waals surface area contributed by atoms with Crippen LogP contribution in [0, 0.1) is 0 Å². The van der Waals surface area contributed by atoms with E-state index in [9.17, 15) is 0 Å². The molecule has 13 heavy (non-hydrogen) atoms. The van der Waals surface area contributed by atoms with Gasteiger partial charge in [0.15, 0.2) is 0 Å². The SMILES string of the molecule is COc1cccc(OC)c1P(Cl)Cl. The smallest absolute Gasteiger partial charge is 0.132 e. The van der Waals surface area contributed by atoms with E-state index in [0.717, 1.165) is 5.30 Å². The van der Waals surface area contributed by atoms with Crippen LogP contribution in [0.2, 0.25) is 0 Å². The molecule has 0 aliphatic carbocycles. The van der Waals surface area contributed by atoms with Gasteiger partial charge in [-0.1, -0.05) is 28.5 Å². The number of methoxy groups -OCH3 is 2. The Morgan fingerprint density at radius 3 is 1.85 bits per heavy atom. The van der Waals surface area contributed by atoms with Gasteiger partial charge in [0.1, 0.15) is 18.1 Å². The first-order valence-corrected chi connectivity index (χ1v) is 6.68. The molecule has 1 aromatic rings. The molecular formula is C8H9Cl2O2P. The van der Waals surface area contributed by atoms with Crippen molar-refractivity contribution in [3.05, 3.63) is 18.2 Å². The molecule has 0 bridgehead atoms. The molecule has 0 aliphatic rings. The molecule has 1 rings (SSSR count). The number of benzene rings is 1. The van der Waals surface area contributed by atoms with Crippen LogP contribution in [0.4, 0.5) is 0 Å². The average Bonchev–Trinajstić information content (AvgIpc) is 2.16. The Morgan fingerprint density at radius 2 is 1.54 bits per heavy atom. The molecule has 0 fully saturated rings. The fraction of sp³-hybridized carbons (Fsp3) is 0.250. The molecule has 0 spiro atoms. The van der Waals surface area contributed by atoms with Gasteiger partial charge in [-0.3, -0.25) is 0 Å². The lowest BCUT2D eigenvalue weighted by Crippen LogP contribution is -2.05. The maximum Gasteiger partial charge on any atom is 0.132 e. The topological polar surface area (TPSA) is 18.5 Å². The van der Waals surface area contributed by atoms with Crippen molar-refractivity contribution in [2.75, 3.05) is 14.2 Å². The van der Waals surface area contributed by atoms with Gasteiger partial charge in [0.2, 0.25) is 0 Å². The van der Waals surface area contributed by atoms with E-state index >= 15 is 0 Å². The Kier molecular flexibility index (Phi) is 4.11. The third-order valence-corrected chi connectivity index (χ3v) is 3.36. The number of hydrogen-bond acceptors (Lipinski definition) is 2. The van der Waals surface area contributed by atoms with E-state index in [4.69, 9.17) is 32.0 Å². The second-order valence-corrected chi connectivity index (χ2v) is 5.70. The molecule has 0 N–H and O–H groups in total. The number of ether oxygens (including phenoxy) is 2. The number of halogens is 2. The van der Waals surface area contributed by atoms with Crippen LogP contribution in [0.5, 0.6) is 11.5 Å². The van der Waals surface area contributed by atoms with E-state index in [-0.39, 0.29) is 0 Å². The zero-order valence-electron chi connectivity index (χ0n) is 7.25. The highest BCUT2D eigenvalue weighted by atomic mass is 35.9. The van der Waals surface area contributed by atoms with Crippen LogP contribution in [-0.2, 0) is 0 Å². The monoisotopic (exact) mass is 238 g/mol. The predicted octanol–water partition coefficient (Wildman–Crippen LogP) is 3.12. The summed E-state index contributed by atoms with van der Waals surface area (Å²) in [4.78, 5) is 0. The molecule has 0 amide bonds. The first-order valence-electron chi connectivity index (χ1n) is 3.53. The van der Waals surface area contributed by atoms with Crippen molar-refractivity contribution in [2.45, 2.75) is 0 Å². The molecule has 0 aromatic heterocycles. The quantitative estimate of drug-likeness (QED) is 0.754. The Bertz CT molecular complexity index is 269. The van der Waals surface area contributed by atoms with Crippen molar-refractivity contribution in [1.29, 1.82) is 0 Å². The van der Waals surface area contributed by atoms with Gasteiger partial charge in [0.05, 0.1) is 19.5 Å². The van der Waals surface area contributed by atoms with E-state index in [2.05, 4.69) is 0 Å². The van der Waals surface area contributed by atoms with Crippen molar-refractivity contribution in [2.24, 2.45) is 0 Å². The van der Waals surface area contributed by atoms with Crippen LogP contribution in [0.1, 0.15) is 0 Å². The fourth-order valence-electron chi connectivity index (χ4n) is 0.998. The largest absolute Gasteiger partial charge is 0.496 e. The molecule has 0 unspecified atom stereocenters. The van der Waals surface area contributed by atoms with Crippen LogP contribution in [-0.4, -0.2) is 14.2 Å². The molecule has 0 atom stereocenters. The third kappa shape index (κ3) is 2.40. The molecule has 0 saturated carbocycles. The zero-order chi connectivity index (χ0) is 9.84. The third-order valence-electron chi connectivity index (χ3n) is 1.57. The van der Waals surface area contributed by atoms with Crippen LogP contribution in [0.15, 0.2) is 18.2 Å². The minimum Gasteiger partial charge on any atom is -0.496 e. The lowest BCUT2D eigenvalue weighted by Gasteiger charge is -2.12. The van der Waals surface area contributed by atoms with E-state index in [1.807, 2.05) is 6.07 Å². The van der Waals surface area contributed by atoms with Crippen LogP contribution in [0.3, 0.4) is 0 Å². The molecule has 1 aromatic carbocycles. The lowest BCUT2D eigenvalue weighted by molar-refractivity contribution is 0.401. The summed E-state index contributed by atoms with van der Waals surface area (Å²) in [6.07, 6.45) is 0. The van der Waals surface area contributed by atoms with Gasteiger partial charge >= 0.3 is 0 Å². The molecular weight excluding hydrogens is 230 g/mol. The van der Waals surface area contributed by atoms with E-state index in [0.29, 0.717) is 11.5 Å². The summed E-state index contributed by atoms with van der Waals surface area (Å²) >= 11 is 11.7. The van der Waals surface area contributed by atoms with Gasteiger partial charge in [0, 0.05) is 0 Å². The van der Waals surface area contributed by atoms with Gasteiger partial charge in [-0.2, -0.15) is 0 Å². The summed E-state index contributed by atoms with van der Waals surface area (Å²) in [7, 11) is 3.15. The number of hydrogen-bond donors (Lipinski definition) is 0. The van der Waals surface area contributed by atoms with Crippen molar-refractivity contribution in [3.8, 4) is 11.5 Å². The maximum atomic E-state index is 5.84. The van der Waals surface area contributed by atoms with Gasteiger partial charge in [-0.15, -0.1) is 0 Å². The minimum atomic E-state index is -1.25. The Labute approximate surface area is 88.1 Å². The van der Waals surface area contributed by atoms with Gasteiger partial charge in [-0.25, -0.2) is 0 Å². The van der Waals surface area contributed by atoms with E-state index in [1.165, 1.54) is 0 Å².